The summed E-state index contributed by atoms with van der Waals surface area (Å²) in [4.78, 5) is 175. The summed E-state index contributed by atoms with van der Waals surface area (Å²) in [6.45, 7) is -7.78. The van der Waals surface area contributed by atoms with Gasteiger partial charge in [0.15, 0.2) is 71.2 Å². The number of hydrogen-bond donors (Lipinski definition) is 21. The highest BCUT2D eigenvalue weighted by molar-refractivity contribution is 7.48. The quantitative estimate of drug-likeness (QED) is 0.0174. The van der Waals surface area contributed by atoms with E-state index in [4.69, 9.17) is 102 Å². The van der Waals surface area contributed by atoms with Crippen molar-refractivity contribution in [1.82, 2.24) is 87.2 Å². The van der Waals surface area contributed by atoms with Gasteiger partial charge in [-0.25, -0.2) is 62.1 Å². The standard InChI is InChI=1S/C57H72N23O40P5/c58-23-1-4-75(55(92)68-23)48-31(85)36(17(7-81)110-48)116-122(97,98)106-9-19-37(32(86)49(112-19)76-5-2-24(59)69-56(76)93)117-123(99,100)108-11-21-39(34(88)51(114-21)78-14-65-26-41(60)63-13-64-42(26)78)120-125(103,104)107-10-20-38(33(87)50(113-20)77-6-3-25(82)70-57(77)94)118-124(101,102)109-12-22-40(35(89)52(115-22)80-16-67-28-44(80)72-54(62)74-46(28)91)119-121(95,96)105-8-18-29(83)30(84)47(111-18)79-15-66-27-43(79)71-53(61)73-45(27)90/h1-6,13-22,29-40,47-52,81,83-89H,7-12H2,(H,95,96)(H,97,98)(H,99,100)(H,101,102)(H,103,104)(H2,58,68,92)(H2,59,69,93)(H2,60,63,64)(H,70,82,94)(H3,61,71,73,90)(H3,62,72,74,91)/t17-,18-,19-,20-,21-,22-,29-,30-,31-,32-,33-,34-,35-,36-,37-,38-,39-,40-,47-,48-,49-,50-,51-,52-/m1/s1. The first kappa shape index (κ1) is 90.5. The zero-order valence-electron chi connectivity index (χ0n) is 62.5. The fourth-order valence-corrected chi connectivity index (χ4v) is 18.9. The summed E-state index contributed by atoms with van der Waals surface area (Å²) < 4.78 is 163. The van der Waals surface area contributed by atoms with Gasteiger partial charge in [0.1, 0.15) is 133 Å². The number of nitrogens with zero attached hydrogens (tertiary/aromatic N) is 15. The molecule has 6 fully saturated rings. The first-order valence-corrected chi connectivity index (χ1v) is 43.4. The number of aromatic amines is 3. The molecule has 125 heavy (non-hydrogen) atoms. The smallest absolute Gasteiger partial charge is 0.394 e. The van der Waals surface area contributed by atoms with Crippen molar-refractivity contribution >= 4 is 102 Å². The number of imidazole rings is 3. The van der Waals surface area contributed by atoms with Gasteiger partial charge in [0, 0.05) is 24.7 Å². The van der Waals surface area contributed by atoms with Crippen molar-refractivity contribution in [3.05, 3.63) is 125 Å². The average molecular weight is 1870 g/mol. The number of aliphatic hydroxyl groups excluding tert-OH is 8. The van der Waals surface area contributed by atoms with Crippen LogP contribution in [0.1, 0.15) is 37.4 Å². The van der Waals surface area contributed by atoms with Crippen LogP contribution in [-0.4, -0.2) is 302 Å². The zero-order valence-corrected chi connectivity index (χ0v) is 67.0. The van der Waals surface area contributed by atoms with Gasteiger partial charge in [-0.05, 0) is 12.1 Å². The molecule has 0 amide bonds. The topological polar surface area (TPSA) is 922 Å². The number of nitrogen functional groups attached to an aromatic ring is 5. The number of nitrogens with one attached hydrogen (secondary N) is 3. The number of hydrogen-bond acceptors (Lipinski definition) is 49. The Morgan fingerprint density at radius 1 is 0.368 bits per heavy atom. The Morgan fingerprint density at radius 2 is 0.688 bits per heavy atom. The molecule has 680 valence electrons. The summed E-state index contributed by atoms with van der Waals surface area (Å²) in [5, 5.41) is 91.1. The van der Waals surface area contributed by atoms with Crippen molar-refractivity contribution in [2.45, 2.75) is 147 Å². The number of ether oxygens (including phenoxy) is 6. The second-order valence-electron chi connectivity index (χ2n) is 27.9. The van der Waals surface area contributed by atoms with Gasteiger partial charge in [-0.3, -0.25) is 102 Å². The van der Waals surface area contributed by atoms with Gasteiger partial charge in [-0.2, -0.15) is 19.9 Å². The minimum Gasteiger partial charge on any atom is -0.394 e. The Labute approximate surface area is 688 Å². The van der Waals surface area contributed by atoms with E-state index in [0.29, 0.717) is 13.7 Å². The monoisotopic (exact) mass is 1870 g/mol. The Kier molecular flexibility index (Phi) is 25.4. The van der Waals surface area contributed by atoms with Crippen LogP contribution in [-0.2, 0) is 96.5 Å². The third-order valence-corrected chi connectivity index (χ3v) is 24.8. The third kappa shape index (κ3) is 18.6. The lowest BCUT2D eigenvalue weighted by molar-refractivity contribution is -0.0658. The Morgan fingerprint density at radius 3 is 1.06 bits per heavy atom. The largest absolute Gasteiger partial charge is 0.472 e. The van der Waals surface area contributed by atoms with Crippen molar-refractivity contribution in [3.63, 3.8) is 0 Å². The molecule has 9 aromatic heterocycles. The third-order valence-electron chi connectivity index (χ3n) is 19.8. The van der Waals surface area contributed by atoms with E-state index < -0.39 is 277 Å². The molecule has 0 aliphatic carbocycles. The van der Waals surface area contributed by atoms with Crippen LogP contribution in [0.4, 0.5) is 29.4 Å². The maximum atomic E-state index is 14.5. The highest BCUT2D eigenvalue weighted by atomic mass is 31.2. The Hall–Kier alpha value is -9.32. The van der Waals surface area contributed by atoms with Gasteiger partial charge >= 0.3 is 56.2 Å². The molecule has 0 spiro atoms. The first-order chi connectivity index (χ1) is 59.0. The van der Waals surface area contributed by atoms with E-state index in [1.807, 2.05) is 4.98 Å². The highest BCUT2D eigenvalue weighted by Crippen LogP contribution is 2.57. The van der Waals surface area contributed by atoms with Crippen molar-refractivity contribution in [2.75, 3.05) is 68.3 Å². The van der Waals surface area contributed by atoms with E-state index in [1.165, 1.54) is 0 Å². The van der Waals surface area contributed by atoms with E-state index in [1.54, 1.807) is 0 Å². The molecule has 0 saturated carbocycles. The lowest BCUT2D eigenvalue weighted by Gasteiger charge is -2.27. The van der Waals surface area contributed by atoms with Gasteiger partial charge in [-0.1, -0.05) is 0 Å². The molecule has 6 aliphatic rings. The number of rotatable bonds is 32. The van der Waals surface area contributed by atoms with Crippen LogP contribution in [0.5, 0.6) is 0 Å². The molecule has 0 radical (unpaired) electrons. The predicted octanol–water partition coefficient (Wildman–Crippen LogP) is -9.52. The molecule has 0 bridgehead atoms. The molecular weight excluding hydrogens is 1800 g/mol. The maximum Gasteiger partial charge on any atom is 0.472 e. The van der Waals surface area contributed by atoms with Crippen LogP contribution in [0, 0.1) is 0 Å². The van der Waals surface area contributed by atoms with Gasteiger partial charge < -0.3 is 122 Å². The fourth-order valence-electron chi connectivity index (χ4n) is 14.1. The summed E-state index contributed by atoms with van der Waals surface area (Å²) in [6.07, 6.45) is -43.4. The fraction of sp³-hybridized carbons (Fsp3) is 0.526. The molecule has 0 aromatic carbocycles. The molecule has 63 nitrogen and oxygen atoms in total. The zero-order chi connectivity index (χ0) is 89.7. The molecule has 26 N–H and O–H groups in total. The van der Waals surface area contributed by atoms with Crippen molar-refractivity contribution < 1.29 is 162 Å². The Bertz CT molecular complexity index is 6200. The van der Waals surface area contributed by atoms with Crippen LogP contribution in [0.25, 0.3) is 33.5 Å². The van der Waals surface area contributed by atoms with Crippen LogP contribution in [0.2, 0.25) is 0 Å². The number of fused-ring (bicyclic) bond motifs is 3. The number of nitrogens with two attached hydrogens (primary N) is 5. The lowest BCUT2D eigenvalue weighted by Crippen LogP contribution is -2.39. The summed E-state index contributed by atoms with van der Waals surface area (Å²) in [7, 11) is -29.3. The minimum absolute atomic E-state index is 0.129. The molecule has 6 aliphatic heterocycles. The van der Waals surface area contributed by atoms with E-state index >= 15 is 0 Å². The van der Waals surface area contributed by atoms with Gasteiger partial charge in [0.2, 0.25) is 11.9 Å². The summed E-state index contributed by atoms with van der Waals surface area (Å²) in [6, 6.07) is 2.92. The second-order valence-corrected chi connectivity index (χ2v) is 34.9. The molecule has 68 heteroatoms. The Balaban J connectivity index is 0.653. The minimum atomic E-state index is -6.02. The van der Waals surface area contributed by atoms with E-state index in [0.717, 1.165) is 75.8 Å². The normalized spacial score (nSPS) is 32.6. The summed E-state index contributed by atoms with van der Waals surface area (Å²) in [5.74, 6) is -1.72. The molecule has 6 saturated heterocycles. The van der Waals surface area contributed by atoms with Crippen LogP contribution in [0.15, 0.2) is 90.9 Å². The van der Waals surface area contributed by atoms with Crippen molar-refractivity contribution in [1.29, 1.82) is 0 Å². The summed E-state index contributed by atoms with van der Waals surface area (Å²) >= 11 is 0. The van der Waals surface area contributed by atoms with Gasteiger partial charge in [-0.15, -0.1) is 0 Å². The van der Waals surface area contributed by atoms with Crippen molar-refractivity contribution in [3.8, 4) is 0 Å². The molecule has 9 aromatic rings. The first-order valence-electron chi connectivity index (χ1n) is 35.9. The van der Waals surface area contributed by atoms with Crippen molar-refractivity contribution in [2.24, 2.45) is 0 Å². The summed E-state index contributed by atoms with van der Waals surface area (Å²) in [5.41, 5.74) is 20.7. The SMILES string of the molecule is Nc1ccn([C@@H]2O[C@H](CO)[C@@H](OP(=O)(O)OC[C@H]3O[C@@H](n4ccc(N)nc4=O)[C@H](O)[C@@H]3OP(=O)(O)OC[C@H]3O[C@@H](n4cnc5c(N)ncnc54)[C@H](O)[C@@H]3OP(=O)(O)OC[C@H]3O[C@@H](n4ccc(=O)[nH]c4=O)[C@H](O)[C@@H]3OP(=O)(O)OC[C@H]3O[C@@H](n4cnc5c(=O)[nH]c(N)nc54)[C@H](O)[C@@H]3OP(=O)(O)OC[C@H]3O[C@@H](n4cnc5c(=O)[nH]c(N)nc54)[C@H](O)[C@@H]3O)[C@H]2O)c(=O)n1. The number of aromatic nitrogens is 18. The molecule has 5 unspecified atom stereocenters. The number of aliphatic hydroxyl groups is 8. The van der Waals surface area contributed by atoms with Crippen LogP contribution < -0.4 is 62.4 Å². The number of anilines is 5. The molecule has 29 atom stereocenters. The predicted molar refractivity (Wildman–Crippen MR) is 398 cm³/mol. The van der Waals surface area contributed by atoms with E-state index in [9.17, 15) is 117 Å². The van der Waals surface area contributed by atoms with Gasteiger partial charge in [0.05, 0.1) is 58.6 Å². The number of phosphoric ester groups is 5. The van der Waals surface area contributed by atoms with Gasteiger partial charge in [0.25, 0.3) is 16.7 Å². The average Bonchev–Trinajstić information content (AvgIpc) is 1.63. The molecule has 15 rings (SSSR count). The maximum absolute atomic E-state index is 14.5. The number of phosphoric acid groups is 5. The lowest BCUT2D eigenvalue weighted by atomic mass is 10.1. The van der Waals surface area contributed by atoms with Crippen LogP contribution >= 0.6 is 39.1 Å². The number of H-pyrrole nitrogens is 3. The van der Waals surface area contributed by atoms with E-state index in [2.05, 4.69) is 54.8 Å². The van der Waals surface area contributed by atoms with Crippen LogP contribution in [0.3, 0.4) is 0 Å². The second kappa shape index (κ2) is 35.0. The van der Waals surface area contributed by atoms with E-state index in [-0.39, 0.29) is 45.7 Å². The highest BCUT2D eigenvalue weighted by Gasteiger charge is 2.58. The molecule has 15 heterocycles. The molecular formula is C57H72N23O40P5.